The molecule has 0 radical (unpaired) electrons. The van der Waals surface area contributed by atoms with E-state index in [1.54, 1.807) is 36.4 Å². The second-order valence-electron chi connectivity index (χ2n) is 33.7. The van der Waals surface area contributed by atoms with Gasteiger partial charge in [0.25, 0.3) is 17.8 Å². The van der Waals surface area contributed by atoms with Gasteiger partial charge in [-0.1, -0.05) is 69.9 Å². The first-order valence-corrected chi connectivity index (χ1v) is 41.6. The third-order valence-electron chi connectivity index (χ3n) is 23.8. The number of para-hydroxylation sites is 3. The topological polar surface area (TPSA) is 189 Å². The molecule has 4 aliphatic carbocycles. The Labute approximate surface area is 710 Å². The zero-order chi connectivity index (χ0) is 89.1. The number of rotatable bonds is 32. The van der Waals surface area contributed by atoms with Gasteiger partial charge in [-0.3, -0.25) is 0 Å². The molecule has 2 unspecified atom stereocenters. The second kappa shape index (κ2) is 34.9. The van der Waals surface area contributed by atoms with E-state index in [9.17, 15) is 79.0 Å². The molecule has 4 aliphatic rings. The van der Waals surface area contributed by atoms with Crippen LogP contribution in [0, 0.1) is 42.4 Å². The van der Waals surface area contributed by atoms with Crippen LogP contribution in [0.25, 0.3) is 32.7 Å². The monoisotopic (exact) mass is 1770 g/mol. The number of aryl methyl sites for hydroxylation is 2. The summed E-state index contributed by atoms with van der Waals surface area (Å²) >= 11 is 0. The van der Waals surface area contributed by atoms with E-state index in [1.807, 2.05) is 79.1 Å². The minimum absolute atomic E-state index is 0.00483. The van der Waals surface area contributed by atoms with Crippen LogP contribution in [0.15, 0.2) is 140 Å². The highest BCUT2D eigenvalue weighted by atomic mass is 19.4. The number of benzene rings is 6. The number of pyridine rings is 3. The normalized spacial score (nSPS) is 17.2. The lowest BCUT2D eigenvalue weighted by atomic mass is 9.74. The molecule has 666 valence electrons. The van der Waals surface area contributed by atoms with Gasteiger partial charge >= 0.3 is 37.1 Å². The van der Waals surface area contributed by atoms with Crippen LogP contribution in [0.4, 0.5) is 114 Å². The number of alkyl halides is 18. The summed E-state index contributed by atoms with van der Waals surface area (Å²) in [6.07, 6.45) is -23.6. The highest BCUT2D eigenvalue weighted by Gasteiger charge is 2.43. The summed E-state index contributed by atoms with van der Waals surface area (Å²) in [5, 5.41) is 41.7. The average molecular weight is 1770 g/mol. The molecule has 126 heavy (non-hydrogen) atoms. The zero-order valence-electron chi connectivity index (χ0n) is 68.7. The Bertz CT molecular complexity index is 5770. The molecule has 2 atom stereocenters. The Morgan fingerprint density at radius 1 is 0.333 bits per heavy atom. The summed E-state index contributed by atoms with van der Waals surface area (Å²) in [6, 6.07) is 30.0. The van der Waals surface area contributed by atoms with Crippen molar-refractivity contribution < 1.29 is 79.0 Å². The van der Waals surface area contributed by atoms with Gasteiger partial charge in [0.05, 0.1) is 70.1 Å². The molecule has 39 heteroatoms. The molecule has 6 aromatic carbocycles. The van der Waals surface area contributed by atoms with Gasteiger partial charge in [-0.05, 0) is 237 Å². The van der Waals surface area contributed by atoms with E-state index in [4.69, 9.17) is 25.1 Å². The van der Waals surface area contributed by atoms with Gasteiger partial charge in [0.1, 0.15) is 17.5 Å². The highest BCUT2D eigenvalue weighted by Crippen LogP contribution is 2.46. The largest absolute Gasteiger partial charge is 0.416 e. The van der Waals surface area contributed by atoms with Crippen LogP contribution in [0.3, 0.4) is 0 Å². The number of aromatic nitrogens is 15. The minimum atomic E-state index is -5.19. The van der Waals surface area contributed by atoms with Gasteiger partial charge in [-0.2, -0.15) is 93.4 Å². The maximum atomic E-state index is 14.7. The second-order valence-corrected chi connectivity index (χ2v) is 33.7. The molecule has 6 heterocycles. The first kappa shape index (κ1) is 87.8. The maximum Gasteiger partial charge on any atom is 0.416 e. The lowest BCUT2D eigenvalue weighted by Crippen LogP contribution is -2.39. The third kappa shape index (κ3) is 20.9. The lowest BCUT2D eigenvalue weighted by Gasteiger charge is -2.39. The van der Waals surface area contributed by atoms with Gasteiger partial charge < -0.3 is 29.4 Å². The van der Waals surface area contributed by atoms with E-state index < -0.39 is 90.1 Å². The standard InChI is InChI=1S/C87H87F18N21/c1-5-119(76-64(33-61-13-7-9-16-73(61)106-76)48-122(79-109-115-118(4)112-79)43-58-27-67(82(88,89)90)36-68(28-58)83(91,92)93)41-54-22-23-55(24-54)46-125-113-80(110-116-125)123(44-59-29-69(84(94,95)96)37-70(30-59)85(97,98)99)49-65-34-62-14-8-10-17-74(62)107-77(65)120(6-2)42-56-25-57(26-56)47-126-114-81(111-117-126)124(45-60-31-71(86(100,101)102)38-72(32-60)87(103,104)105)50-66-35-63-15-11-12-51(3)75(63)108-78(66)121(39-52-18-19-52)40-53-20-21-53/h7-17,27-38,52-57H,5-6,18-26,39-50H2,1-4H3. The first-order valence-electron chi connectivity index (χ1n) is 41.6. The fourth-order valence-corrected chi connectivity index (χ4v) is 17.3. The Morgan fingerprint density at radius 3 is 1.07 bits per heavy atom. The third-order valence-corrected chi connectivity index (χ3v) is 23.8. The SMILES string of the molecule is CCN(CC1CCC(Cn2nnc(N(Cc3cc(C(F)(F)F)cc(C(F)(F)F)c3)Cc3cc4ccccc4nc3N(CC)CC3CC(Cn4nnc(N(Cc5cc(C(F)(F)F)cc(C(F)(F)F)c5)Cc5cc6cccc(C)c6nc5N(CC5CC5)CC5CC5)n4)C3)n2)C1)c1nc2ccccc2cc1CN(Cc1cc(C(F)(F)F)cc(C(F)(F)F)c1)c1nnn(C)n1. The van der Waals surface area contributed by atoms with Crippen LogP contribution in [0.2, 0.25) is 0 Å². The van der Waals surface area contributed by atoms with Gasteiger partial charge in [0.15, 0.2) is 0 Å². The average Bonchev–Trinajstić information content (AvgIpc) is 1.65. The number of halogens is 18. The van der Waals surface area contributed by atoms with Crippen LogP contribution in [0.5, 0.6) is 0 Å². The molecule has 21 nitrogen and oxygen atoms in total. The summed E-state index contributed by atoms with van der Waals surface area (Å²) in [5.41, 5.74) is -5.43. The van der Waals surface area contributed by atoms with Gasteiger partial charge in [-0.15, -0.1) is 15.3 Å². The maximum absolute atomic E-state index is 14.7. The summed E-state index contributed by atoms with van der Waals surface area (Å²) in [4.78, 5) is 30.1. The van der Waals surface area contributed by atoms with Gasteiger partial charge in [0.2, 0.25) is 0 Å². The number of hydrogen-bond donors (Lipinski definition) is 0. The summed E-state index contributed by atoms with van der Waals surface area (Å²) < 4.78 is 260. The number of anilines is 6. The number of nitrogens with zero attached hydrogens (tertiary/aromatic N) is 21. The molecule has 0 amide bonds. The highest BCUT2D eigenvalue weighted by molar-refractivity contribution is 5.86. The Balaban J connectivity index is 0.645. The molecule has 16 rings (SSSR count). The van der Waals surface area contributed by atoms with Crippen LogP contribution in [0.1, 0.15) is 144 Å². The zero-order valence-corrected chi connectivity index (χ0v) is 68.7. The van der Waals surface area contributed by atoms with E-state index >= 15 is 0 Å². The molecule has 0 aliphatic heterocycles. The van der Waals surface area contributed by atoms with Crippen LogP contribution >= 0.6 is 0 Å². The van der Waals surface area contributed by atoms with Crippen molar-refractivity contribution in [3.05, 3.63) is 212 Å². The van der Waals surface area contributed by atoms with Crippen molar-refractivity contribution >= 4 is 68.0 Å². The molecule has 0 N–H and O–H groups in total. The van der Waals surface area contributed by atoms with Crippen molar-refractivity contribution in [2.75, 3.05) is 68.7 Å². The fraction of sp³-hybridized carbons (Fsp3) is 0.448. The van der Waals surface area contributed by atoms with Crippen molar-refractivity contribution in [1.82, 2.24) is 75.6 Å². The Hall–Kier alpha value is -11.7. The van der Waals surface area contributed by atoms with Crippen LogP contribution in [-0.4, -0.2) is 115 Å². The van der Waals surface area contributed by atoms with Crippen molar-refractivity contribution in [2.24, 2.45) is 42.6 Å². The summed E-state index contributed by atoms with van der Waals surface area (Å²) in [5.74, 6) is 2.00. The molecule has 12 aromatic rings. The number of tetrazole rings is 3. The predicted octanol–water partition coefficient (Wildman–Crippen LogP) is 20.0. The van der Waals surface area contributed by atoms with E-state index in [1.165, 1.54) is 31.3 Å². The number of hydrogen-bond acceptors (Lipinski definition) is 18. The molecule has 0 bridgehead atoms. The molecule has 4 fully saturated rings. The molecule has 6 aromatic heterocycles. The summed E-state index contributed by atoms with van der Waals surface area (Å²) in [7, 11) is 1.46. The van der Waals surface area contributed by atoms with Crippen molar-refractivity contribution in [1.29, 1.82) is 0 Å². The van der Waals surface area contributed by atoms with Crippen molar-refractivity contribution in [3.8, 4) is 0 Å². The molecule has 0 saturated heterocycles. The molecule has 4 saturated carbocycles. The summed E-state index contributed by atoms with van der Waals surface area (Å²) in [6.45, 7) is 7.20. The van der Waals surface area contributed by atoms with Crippen LogP contribution in [-0.2, 0) is 96.5 Å². The van der Waals surface area contributed by atoms with Gasteiger partial charge in [0, 0.05) is 111 Å². The quantitative estimate of drug-likeness (QED) is 0.0362. The van der Waals surface area contributed by atoms with E-state index in [2.05, 4.69) is 40.9 Å². The first-order chi connectivity index (χ1) is 59.7. The smallest absolute Gasteiger partial charge is 0.356 e. The number of fused-ring (bicyclic) bond motifs is 3. The van der Waals surface area contributed by atoms with Crippen molar-refractivity contribution in [3.63, 3.8) is 0 Å². The molecule has 0 spiro atoms. The lowest BCUT2D eigenvalue weighted by molar-refractivity contribution is -0.144. The minimum Gasteiger partial charge on any atom is -0.356 e. The Morgan fingerprint density at radius 2 is 0.675 bits per heavy atom. The van der Waals surface area contributed by atoms with E-state index in [-0.39, 0.29) is 109 Å². The Kier molecular flexibility index (Phi) is 24.3. The fourth-order valence-electron chi connectivity index (χ4n) is 17.3. The van der Waals surface area contributed by atoms with E-state index in [0.29, 0.717) is 162 Å². The van der Waals surface area contributed by atoms with Crippen molar-refractivity contribution in [2.45, 2.75) is 168 Å². The molecular weight excluding hydrogens is 1680 g/mol. The predicted molar refractivity (Wildman–Crippen MR) is 434 cm³/mol. The van der Waals surface area contributed by atoms with Crippen LogP contribution < -0.4 is 29.4 Å². The van der Waals surface area contributed by atoms with Gasteiger partial charge in [-0.25, -0.2) is 15.0 Å². The molecular formula is C87H87F18N21. The van der Waals surface area contributed by atoms with E-state index in [0.717, 1.165) is 60.0 Å².